The van der Waals surface area contributed by atoms with Crippen LogP contribution >= 0.6 is 15.9 Å². The standard InChI is InChI=1S/C18H17BrO5/c1-22-12-5-6-13(16(10-12)23-2)15(20)7-4-11-8-14(19)18(21)17(9-11)24-3/h4-10,21H,1-3H3/b7-4+. The lowest BCUT2D eigenvalue weighted by atomic mass is 10.1. The lowest BCUT2D eigenvalue weighted by Crippen LogP contribution is -1.99. The van der Waals surface area contributed by atoms with Crippen molar-refractivity contribution in [1.29, 1.82) is 0 Å². The maximum absolute atomic E-state index is 12.4. The first-order chi connectivity index (χ1) is 11.5. The minimum Gasteiger partial charge on any atom is -0.503 e. The van der Waals surface area contributed by atoms with Gasteiger partial charge in [-0.05, 0) is 51.8 Å². The molecule has 2 aromatic carbocycles. The molecule has 0 saturated carbocycles. The number of methoxy groups -OCH3 is 3. The maximum Gasteiger partial charge on any atom is 0.189 e. The molecular formula is C18H17BrO5. The molecule has 0 saturated heterocycles. The van der Waals surface area contributed by atoms with Crippen LogP contribution in [-0.4, -0.2) is 32.2 Å². The van der Waals surface area contributed by atoms with Crippen LogP contribution < -0.4 is 14.2 Å². The van der Waals surface area contributed by atoms with Gasteiger partial charge >= 0.3 is 0 Å². The highest BCUT2D eigenvalue weighted by Crippen LogP contribution is 2.35. The number of carbonyl (C=O) groups is 1. The lowest BCUT2D eigenvalue weighted by molar-refractivity contribution is 0.104. The number of aromatic hydroxyl groups is 1. The molecule has 6 heteroatoms. The number of benzene rings is 2. The van der Waals surface area contributed by atoms with Crippen molar-refractivity contribution in [2.75, 3.05) is 21.3 Å². The molecule has 126 valence electrons. The summed E-state index contributed by atoms with van der Waals surface area (Å²) >= 11 is 3.25. The quantitative estimate of drug-likeness (QED) is 0.592. The molecule has 0 aliphatic heterocycles. The zero-order valence-corrected chi connectivity index (χ0v) is 15.1. The van der Waals surface area contributed by atoms with Crippen molar-refractivity contribution in [2.24, 2.45) is 0 Å². The molecule has 0 atom stereocenters. The molecule has 0 spiro atoms. The first-order valence-corrected chi connectivity index (χ1v) is 7.80. The van der Waals surface area contributed by atoms with Crippen LogP contribution in [-0.2, 0) is 0 Å². The van der Waals surface area contributed by atoms with Gasteiger partial charge in [0.2, 0.25) is 0 Å². The SMILES string of the molecule is COc1ccc(C(=O)/C=C/c2cc(Br)c(O)c(OC)c2)c(OC)c1. The van der Waals surface area contributed by atoms with Crippen molar-refractivity contribution >= 4 is 27.8 Å². The summed E-state index contributed by atoms with van der Waals surface area (Å²) in [5.74, 6) is 1.17. The Bertz CT molecular complexity index is 783. The summed E-state index contributed by atoms with van der Waals surface area (Å²) in [7, 11) is 4.51. The minimum atomic E-state index is -0.210. The van der Waals surface area contributed by atoms with Crippen molar-refractivity contribution in [2.45, 2.75) is 0 Å². The summed E-state index contributed by atoms with van der Waals surface area (Å²) in [6, 6.07) is 8.32. The molecule has 0 heterocycles. The Kier molecular flexibility index (Phi) is 5.87. The molecule has 0 bridgehead atoms. The van der Waals surface area contributed by atoms with Crippen LogP contribution in [0.25, 0.3) is 6.08 Å². The second-order valence-corrected chi connectivity index (χ2v) is 5.67. The lowest BCUT2D eigenvalue weighted by Gasteiger charge is -2.08. The summed E-state index contributed by atoms with van der Waals surface area (Å²) in [5, 5.41) is 9.80. The highest BCUT2D eigenvalue weighted by Gasteiger charge is 2.12. The van der Waals surface area contributed by atoms with Gasteiger partial charge in [0.1, 0.15) is 11.5 Å². The number of ketones is 1. The highest BCUT2D eigenvalue weighted by molar-refractivity contribution is 9.10. The van der Waals surface area contributed by atoms with Gasteiger partial charge in [0.05, 0.1) is 31.4 Å². The van der Waals surface area contributed by atoms with Crippen LogP contribution in [0.1, 0.15) is 15.9 Å². The predicted molar refractivity (Wildman–Crippen MR) is 95.3 cm³/mol. The van der Waals surface area contributed by atoms with E-state index in [4.69, 9.17) is 14.2 Å². The second-order valence-electron chi connectivity index (χ2n) is 4.82. The Balaban J connectivity index is 2.30. The average Bonchev–Trinajstić information content (AvgIpc) is 2.61. The zero-order chi connectivity index (χ0) is 17.7. The van der Waals surface area contributed by atoms with E-state index in [1.807, 2.05) is 0 Å². The van der Waals surface area contributed by atoms with Crippen molar-refractivity contribution in [3.63, 3.8) is 0 Å². The monoisotopic (exact) mass is 392 g/mol. The van der Waals surface area contributed by atoms with Crippen LogP contribution in [0.4, 0.5) is 0 Å². The molecule has 2 rings (SSSR count). The smallest absolute Gasteiger partial charge is 0.189 e. The molecule has 2 aromatic rings. The van der Waals surface area contributed by atoms with Crippen molar-refractivity contribution < 1.29 is 24.1 Å². The van der Waals surface area contributed by atoms with E-state index in [0.717, 1.165) is 0 Å². The minimum absolute atomic E-state index is 0.0119. The molecule has 0 aliphatic rings. The van der Waals surface area contributed by atoms with Crippen LogP contribution in [0.2, 0.25) is 0 Å². The van der Waals surface area contributed by atoms with Gasteiger partial charge in [-0.25, -0.2) is 0 Å². The van der Waals surface area contributed by atoms with Gasteiger partial charge in [-0.3, -0.25) is 4.79 Å². The summed E-state index contributed by atoms with van der Waals surface area (Å²) in [6.07, 6.45) is 3.07. The first-order valence-electron chi connectivity index (χ1n) is 7.01. The summed E-state index contributed by atoms with van der Waals surface area (Å²) in [5.41, 5.74) is 1.14. The number of phenolic OH excluding ortho intramolecular Hbond substituents is 1. The first kappa shape index (κ1) is 17.9. The van der Waals surface area contributed by atoms with Gasteiger partial charge in [-0.1, -0.05) is 6.08 Å². The van der Waals surface area contributed by atoms with E-state index in [0.29, 0.717) is 32.8 Å². The third-order valence-corrected chi connectivity index (χ3v) is 3.98. The van der Waals surface area contributed by atoms with E-state index in [1.165, 1.54) is 20.3 Å². The molecular weight excluding hydrogens is 376 g/mol. The molecule has 1 N–H and O–H groups in total. The Hall–Kier alpha value is -2.47. The van der Waals surface area contributed by atoms with Gasteiger partial charge in [-0.2, -0.15) is 0 Å². The fourth-order valence-electron chi connectivity index (χ4n) is 2.11. The predicted octanol–water partition coefficient (Wildman–Crippen LogP) is 4.08. The van der Waals surface area contributed by atoms with E-state index < -0.39 is 0 Å². The number of rotatable bonds is 6. The van der Waals surface area contributed by atoms with E-state index >= 15 is 0 Å². The van der Waals surface area contributed by atoms with Gasteiger partial charge in [0, 0.05) is 6.07 Å². The highest BCUT2D eigenvalue weighted by atomic mass is 79.9. The normalized spacial score (nSPS) is 10.7. The Morgan fingerprint density at radius 3 is 2.38 bits per heavy atom. The molecule has 24 heavy (non-hydrogen) atoms. The fraction of sp³-hybridized carbons (Fsp3) is 0.167. The zero-order valence-electron chi connectivity index (χ0n) is 13.5. The molecule has 0 aromatic heterocycles. The summed E-state index contributed by atoms with van der Waals surface area (Å²) in [4.78, 5) is 12.4. The number of carbonyl (C=O) groups excluding carboxylic acids is 1. The van der Waals surface area contributed by atoms with E-state index in [9.17, 15) is 9.90 Å². The largest absolute Gasteiger partial charge is 0.503 e. The number of hydrogen-bond acceptors (Lipinski definition) is 5. The molecule has 0 aliphatic carbocycles. The summed E-state index contributed by atoms with van der Waals surface area (Å²) in [6.45, 7) is 0. The van der Waals surface area contributed by atoms with Crippen LogP contribution in [0.15, 0.2) is 40.9 Å². The van der Waals surface area contributed by atoms with Gasteiger partial charge < -0.3 is 19.3 Å². The molecule has 0 fully saturated rings. The Morgan fingerprint density at radius 2 is 1.75 bits per heavy atom. The van der Waals surface area contributed by atoms with Gasteiger partial charge in [0.15, 0.2) is 17.3 Å². The third kappa shape index (κ3) is 3.89. The molecule has 0 unspecified atom stereocenters. The summed E-state index contributed by atoms with van der Waals surface area (Å²) < 4.78 is 15.9. The molecule has 0 amide bonds. The third-order valence-electron chi connectivity index (χ3n) is 3.37. The van der Waals surface area contributed by atoms with Gasteiger partial charge in [-0.15, -0.1) is 0 Å². The van der Waals surface area contributed by atoms with Gasteiger partial charge in [0.25, 0.3) is 0 Å². The number of ether oxygens (including phenoxy) is 3. The number of halogens is 1. The number of hydrogen-bond donors (Lipinski definition) is 1. The van der Waals surface area contributed by atoms with E-state index in [1.54, 1.807) is 43.5 Å². The molecule has 5 nitrogen and oxygen atoms in total. The molecule has 0 radical (unpaired) electrons. The maximum atomic E-state index is 12.4. The number of allylic oxidation sites excluding steroid dienone is 1. The number of phenols is 1. The average molecular weight is 393 g/mol. The van der Waals surface area contributed by atoms with Crippen molar-refractivity contribution in [3.05, 3.63) is 52.0 Å². The topological polar surface area (TPSA) is 65.0 Å². The van der Waals surface area contributed by atoms with E-state index in [2.05, 4.69) is 15.9 Å². The van der Waals surface area contributed by atoms with Crippen LogP contribution in [0, 0.1) is 0 Å². The Labute approximate surface area is 148 Å². The van der Waals surface area contributed by atoms with E-state index in [-0.39, 0.29) is 11.5 Å². The van der Waals surface area contributed by atoms with Crippen molar-refractivity contribution in [1.82, 2.24) is 0 Å². The fourth-order valence-corrected chi connectivity index (χ4v) is 2.57. The van der Waals surface area contributed by atoms with Crippen molar-refractivity contribution in [3.8, 4) is 23.0 Å². The second kappa shape index (κ2) is 7.88. The van der Waals surface area contributed by atoms with Crippen LogP contribution in [0.5, 0.6) is 23.0 Å². The Morgan fingerprint density at radius 1 is 1.04 bits per heavy atom. The van der Waals surface area contributed by atoms with Crippen LogP contribution in [0.3, 0.4) is 0 Å².